The standard InChI is InChI=1S/C26H23F3N4O2S/c1-25(2,3)18-7-4-5-9-21(18)35-22-19(8-6-14-30-22)33-24(34)31-17-12-10-16(11-13-17)20-15-36-23(32-20)26(27,28)29/h4-15H,1-3H3,(H2,31,33,34). The average Bonchev–Trinajstić information content (AvgIpc) is 3.32. The highest BCUT2D eigenvalue weighted by Crippen LogP contribution is 2.36. The number of anilines is 2. The van der Waals surface area contributed by atoms with Crippen LogP contribution in [0.25, 0.3) is 11.3 Å². The number of hydrogen-bond acceptors (Lipinski definition) is 5. The summed E-state index contributed by atoms with van der Waals surface area (Å²) >= 11 is 0.538. The molecule has 0 aliphatic heterocycles. The lowest BCUT2D eigenvalue weighted by Gasteiger charge is -2.22. The molecule has 2 amide bonds. The smallest absolute Gasteiger partial charge is 0.437 e. The van der Waals surface area contributed by atoms with E-state index in [1.54, 1.807) is 42.6 Å². The Morgan fingerprint density at radius 3 is 2.33 bits per heavy atom. The minimum Gasteiger partial charge on any atom is -0.437 e. The summed E-state index contributed by atoms with van der Waals surface area (Å²) in [5.41, 5.74) is 2.39. The van der Waals surface area contributed by atoms with Gasteiger partial charge < -0.3 is 15.4 Å². The summed E-state index contributed by atoms with van der Waals surface area (Å²) < 4.78 is 44.5. The van der Waals surface area contributed by atoms with E-state index < -0.39 is 17.2 Å². The molecule has 2 aromatic carbocycles. The van der Waals surface area contributed by atoms with E-state index in [4.69, 9.17) is 4.74 Å². The molecule has 2 aromatic heterocycles. The topological polar surface area (TPSA) is 76.1 Å². The number of carbonyl (C=O) groups excluding carboxylic acids is 1. The van der Waals surface area contributed by atoms with E-state index in [1.165, 1.54) is 5.38 Å². The van der Waals surface area contributed by atoms with E-state index in [0.29, 0.717) is 34.0 Å². The van der Waals surface area contributed by atoms with Gasteiger partial charge in [0.05, 0.1) is 5.69 Å². The predicted octanol–water partition coefficient (Wildman–Crippen LogP) is 7.96. The number of hydrogen-bond donors (Lipinski definition) is 2. The van der Waals surface area contributed by atoms with E-state index in [9.17, 15) is 18.0 Å². The van der Waals surface area contributed by atoms with Gasteiger partial charge in [0, 0.05) is 28.4 Å². The van der Waals surface area contributed by atoms with Gasteiger partial charge in [0.2, 0.25) is 5.88 Å². The van der Waals surface area contributed by atoms with Crippen LogP contribution in [0.1, 0.15) is 31.3 Å². The highest BCUT2D eigenvalue weighted by atomic mass is 32.1. The number of halogens is 3. The van der Waals surface area contributed by atoms with Crippen molar-refractivity contribution < 1.29 is 22.7 Å². The lowest BCUT2D eigenvalue weighted by atomic mass is 9.86. The molecule has 36 heavy (non-hydrogen) atoms. The number of alkyl halides is 3. The number of urea groups is 1. The second-order valence-corrected chi connectivity index (χ2v) is 9.75. The Morgan fingerprint density at radius 1 is 0.944 bits per heavy atom. The molecule has 0 fully saturated rings. The Kier molecular flexibility index (Phi) is 6.98. The molecule has 0 saturated heterocycles. The molecule has 4 rings (SSSR count). The Morgan fingerprint density at radius 2 is 1.67 bits per heavy atom. The fourth-order valence-electron chi connectivity index (χ4n) is 3.39. The molecule has 0 unspecified atom stereocenters. The number of para-hydroxylation sites is 1. The molecule has 0 atom stereocenters. The maximum atomic E-state index is 12.8. The van der Waals surface area contributed by atoms with Crippen LogP contribution < -0.4 is 15.4 Å². The maximum Gasteiger partial charge on any atom is 0.443 e. The zero-order chi connectivity index (χ0) is 25.9. The van der Waals surface area contributed by atoms with Crippen molar-refractivity contribution in [3.8, 4) is 22.9 Å². The molecule has 0 spiro atoms. The van der Waals surface area contributed by atoms with Gasteiger partial charge in [0.15, 0.2) is 5.01 Å². The summed E-state index contributed by atoms with van der Waals surface area (Å²) in [7, 11) is 0. The molecular weight excluding hydrogens is 489 g/mol. The van der Waals surface area contributed by atoms with Crippen LogP contribution in [-0.2, 0) is 11.6 Å². The molecule has 6 nitrogen and oxygen atoms in total. The monoisotopic (exact) mass is 512 g/mol. The van der Waals surface area contributed by atoms with Crippen molar-refractivity contribution in [2.24, 2.45) is 0 Å². The molecule has 2 heterocycles. The lowest BCUT2D eigenvalue weighted by molar-refractivity contribution is -0.137. The first kappa shape index (κ1) is 25.2. The first-order chi connectivity index (χ1) is 17.0. The van der Waals surface area contributed by atoms with E-state index >= 15 is 0 Å². The van der Waals surface area contributed by atoms with E-state index in [2.05, 4.69) is 41.4 Å². The number of aromatic nitrogens is 2. The first-order valence-electron chi connectivity index (χ1n) is 10.9. The van der Waals surface area contributed by atoms with Gasteiger partial charge in [-0.2, -0.15) is 13.2 Å². The van der Waals surface area contributed by atoms with Crippen molar-refractivity contribution in [3.63, 3.8) is 0 Å². The third kappa shape index (κ3) is 6.01. The number of benzene rings is 2. The number of nitrogens with zero attached hydrogens (tertiary/aromatic N) is 2. The van der Waals surface area contributed by atoms with Gasteiger partial charge in [-0.25, -0.2) is 14.8 Å². The quantitative estimate of drug-likeness (QED) is 0.284. The summed E-state index contributed by atoms with van der Waals surface area (Å²) in [6.07, 6.45) is -2.91. The summed E-state index contributed by atoms with van der Waals surface area (Å²) in [6, 6.07) is 16.8. The summed E-state index contributed by atoms with van der Waals surface area (Å²) in [6.45, 7) is 6.24. The van der Waals surface area contributed by atoms with Crippen LogP contribution in [0.5, 0.6) is 11.6 Å². The van der Waals surface area contributed by atoms with Gasteiger partial charge in [-0.3, -0.25) is 0 Å². The van der Waals surface area contributed by atoms with Crippen LogP contribution in [-0.4, -0.2) is 16.0 Å². The van der Waals surface area contributed by atoms with Crippen molar-refractivity contribution >= 4 is 28.7 Å². The van der Waals surface area contributed by atoms with Crippen LogP contribution in [0.15, 0.2) is 72.2 Å². The summed E-state index contributed by atoms with van der Waals surface area (Å²) in [4.78, 5) is 20.5. The maximum absolute atomic E-state index is 12.8. The molecule has 186 valence electrons. The Hall–Kier alpha value is -3.92. The summed E-state index contributed by atoms with van der Waals surface area (Å²) in [5, 5.41) is 5.87. The van der Waals surface area contributed by atoms with E-state index in [0.717, 1.165) is 5.56 Å². The third-order valence-electron chi connectivity index (χ3n) is 5.11. The molecule has 0 saturated carbocycles. The van der Waals surface area contributed by atoms with Crippen molar-refractivity contribution in [2.75, 3.05) is 10.6 Å². The van der Waals surface area contributed by atoms with Gasteiger partial charge in [-0.05, 0) is 35.7 Å². The number of pyridine rings is 1. The van der Waals surface area contributed by atoms with E-state index in [-0.39, 0.29) is 17.0 Å². The number of nitrogens with one attached hydrogen (secondary N) is 2. The van der Waals surface area contributed by atoms with Crippen LogP contribution in [0, 0.1) is 0 Å². The number of rotatable bonds is 5. The van der Waals surface area contributed by atoms with Gasteiger partial charge in [-0.1, -0.05) is 51.1 Å². The average molecular weight is 513 g/mol. The van der Waals surface area contributed by atoms with Crippen molar-refractivity contribution in [1.82, 2.24) is 9.97 Å². The zero-order valence-electron chi connectivity index (χ0n) is 19.7. The SMILES string of the molecule is CC(C)(C)c1ccccc1Oc1ncccc1NC(=O)Nc1ccc(-c2csc(C(F)(F)F)n2)cc1. The largest absolute Gasteiger partial charge is 0.443 e. The molecule has 0 bridgehead atoms. The Balaban J connectivity index is 1.45. The lowest BCUT2D eigenvalue weighted by Crippen LogP contribution is -2.20. The van der Waals surface area contributed by atoms with Crippen LogP contribution in [0.3, 0.4) is 0 Å². The van der Waals surface area contributed by atoms with Gasteiger partial charge in [0.25, 0.3) is 0 Å². The number of amides is 2. The van der Waals surface area contributed by atoms with Crippen molar-refractivity contribution in [2.45, 2.75) is 32.4 Å². The minimum atomic E-state index is -4.48. The van der Waals surface area contributed by atoms with E-state index in [1.807, 2.05) is 24.3 Å². The number of ether oxygens (including phenoxy) is 1. The van der Waals surface area contributed by atoms with Crippen LogP contribution >= 0.6 is 11.3 Å². The van der Waals surface area contributed by atoms with Crippen LogP contribution in [0.2, 0.25) is 0 Å². The molecule has 4 aromatic rings. The fraction of sp³-hybridized carbons (Fsp3) is 0.192. The second-order valence-electron chi connectivity index (χ2n) is 8.90. The molecule has 2 N–H and O–H groups in total. The third-order valence-corrected chi connectivity index (χ3v) is 5.99. The highest BCUT2D eigenvalue weighted by Gasteiger charge is 2.34. The molecular formula is C26H23F3N4O2S. The fourth-order valence-corrected chi connectivity index (χ4v) is 4.09. The normalized spacial score (nSPS) is 11.7. The number of thiazole rings is 1. The first-order valence-corrected chi connectivity index (χ1v) is 11.8. The Bertz CT molecular complexity index is 1360. The van der Waals surface area contributed by atoms with Gasteiger partial charge in [0.1, 0.15) is 11.4 Å². The second kappa shape index (κ2) is 9.98. The molecule has 0 aliphatic rings. The highest BCUT2D eigenvalue weighted by molar-refractivity contribution is 7.10. The van der Waals surface area contributed by atoms with Gasteiger partial charge >= 0.3 is 12.2 Å². The summed E-state index contributed by atoms with van der Waals surface area (Å²) in [5.74, 6) is 0.877. The predicted molar refractivity (Wildman–Crippen MR) is 135 cm³/mol. The minimum absolute atomic E-state index is 0.157. The van der Waals surface area contributed by atoms with Crippen molar-refractivity contribution in [1.29, 1.82) is 0 Å². The van der Waals surface area contributed by atoms with Gasteiger partial charge in [-0.15, -0.1) is 11.3 Å². The number of carbonyl (C=O) groups is 1. The zero-order valence-corrected chi connectivity index (χ0v) is 20.5. The molecule has 0 radical (unpaired) electrons. The molecule has 10 heteroatoms. The van der Waals surface area contributed by atoms with Crippen LogP contribution in [0.4, 0.5) is 29.3 Å². The molecule has 0 aliphatic carbocycles. The Labute approximate surface area is 210 Å². The van der Waals surface area contributed by atoms with Crippen molar-refractivity contribution in [3.05, 3.63) is 82.8 Å².